The zero-order valence-electron chi connectivity index (χ0n) is 14.9. The van der Waals surface area contributed by atoms with Gasteiger partial charge in [-0.2, -0.15) is 10.4 Å². The van der Waals surface area contributed by atoms with Crippen molar-refractivity contribution < 1.29 is 9.53 Å². The molecule has 2 aromatic carbocycles. The van der Waals surface area contributed by atoms with E-state index in [1.807, 2.05) is 50.2 Å². The smallest absolute Gasteiger partial charge is 0.262 e. The van der Waals surface area contributed by atoms with E-state index in [1.54, 1.807) is 16.8 Å². The van der Waals surface area contributed by atoms with Crippen LogP contribution in [0.1, 0.15) is 17.0 Å². The van der Waals surface area contributed by atoms with E-state index in [-0.39, 0.29) is 17.5 Å². The molecule has 0 aliphatic rings. The third-order valence-corrected chi connectivity index (χ3v) is 4.27. The minimum Gasteiger partial charge on any atom is -0.482 e. The van der Waals surface area contributed by atoms with Crippen LogP contribution in [0.5, 0.6) is 5.75 Å². The largest absolute Gasteiger partial charge is 0.482 e. The lowest BCUT2D eigenvalue weighted by Gasteiger charge is -2.09. The maximum absolute atomic E-state index is 12.3. The minimum atomic E-state index is -0.325. The molecule has 0 radical (unpaired) electrons. The molecule has 3 rings (SSSR count). The van der Waals surface area contributed by atoms with E-state index in [9.17, 15) is 4.79 Å². The topological polar surface area (TPSA) is 79.9 Å². The number of benzene rings is 2. The molecule has 0 fully saturated rings. The Balaban J connectivity index is 1.70. The number of ether oxygens (including phenoxy) is 1. The molecule has 136 valence electrons. The van der Waals surface area contributed by atoms with Crippen molar-refractivity contribution >= 4 is 23.2 Å². The summed E-state index contributed by atoms with van der Waals surface area (Å²) in [5.74, 6) is 0.0217. The second-order valence-corrected chi connectivity index (χ2v) is 6.29. The van der Waals surface area contributed by atoms with Crippen molar-refractivity contribution in [2.24, 2.45) is 0 Å². The number of rotatable bonds is 5. The molecule has 0 bridgehead atoms. The Bertz CT molecular complexity index is 1020. The second-order valence-electron chi connectivity index (χ2n) is 5.89. The van der Waals surface area contributed by atoms with Crippen LogP contribution in [0.4, 0.5) is 5.69 Å². The summed E-state index contributed by atoms with van der Waals surface area (Å²) in [6.07, 6.45) is 0. The first-order chi connectivity index (χ1) is 13.0. The number of hydrogen-bond acceptors (Lipinski definition) is 4. The zero-order chi connectivity index (χ0) is 19.4. The highest BCUT2D eigenvalue weighted by molar-refractivity contribution is 6.32. The maximum Gasteiger partial charge on any atom is 0.262 e. The summed E-state index contributed by atoms with van der Waals surface area (Å²) in [6.45, 7) is 3.52. The van der Waals surface area contributed by atoms with E-state index < -0.39 is 0 Å². The van der Waals surface area contributed by atoms with Gasteiger partial charge >= 0.3 is 0 Å². The predicted molar refractivity (Wildman–Crippen MR) is 103 cm³/mol. The SMILES string of the molecule is Cc1nn(-c2ccccc2)c(C)c1NC(=O)COc1ccc(C#N)cc1Cl. The quantitative estimate of drug-likeness (QED) is 0.724. The van der Waals surface area contributed by atoms with Crippen LogP contribution >= 0.6 is 11.6 Å². The first-order valence-electron chi connectivity index (χ1n) is 8.23. The van der Waals surface area contributed by atoms with Gasteiger partial charge in [0.15, 0.2) is 6.61 Å². The van der Waals surface area contributed by atoms with Gasteiger partial charge in [0.1, 0.15) is 5.75 Å². The lowest BCUT2D eigenvalue weighted by atomic mass is 10.2. The van der Waals surface area contributed by atoms with Crippen molar-refractivity contribution in [1.82, 2.24) is 9.78 Å². The normalized spacial score (nSPS) is 10.3. The molecule has 6 nitrogen and oxygen atoms in total. The minimum absolute atomic E-state index is 0.207. The number of anilines is 1. The molecule has 0 atom stereocenters. The Kier molecular flexibility index (Phi) is 5.43. The van der Waals surface area contributed by atoms with E-state index in [0.717, 1.165) is 11.4 Å². The Labute approximate surface area is 161 Å². The lowest BCUT2D eigenvalue weighted by Crippen LogP contribution is -2.21. The van der Waals surface area contributed by atoms with Gasteiger partial charge in [0, 0.05) is 0 Å². The summed E-state index contributed by atoms with van der Waals surface area (Å²) < 4.78 is 7.24. The summed E-state index contributed by atoms with van der Waals surface area (Å²) in [7, 11) is 0. The number of aromatic nitrogens is 2. The average molecular weight is 381 g/mol. The van der Waals surface area contributed by atoms with Gasteiger partial charge in [-0.25, -0.2) is 4.68 Å². The molecule has 3 aromatic rings. The van der Waals surface area contributed by atoms with E-state index in [1.165, 1.54) is 6.07 Å². The van der Waals surface area contributed by atoms with Crippen LogP contribution in [0.25, 0.3) is 5.69 Å². The van der Waals surface area contributed by atoms with Gasteiger partial charge in [-0.3, -0.25) is 4.79 Å². The summed E-state index contributed by atoms with van der Waals surface area (Å²) >= 11 is 6.05. The first-order valence-corrected chi connectivity index (χ1v) is 8.61. The fraction of sp³-hybridized carbons (Fsp3) is 0.150. The monoisotopic (exact) mass is 380 g/mol. The number of aryl methyl sites for hydroxylation is 1. The van der Waals surface area contributed by atoms with Gasteiger partial charge < -0.3 is 10.1 Å². The molecule has 0 aliphatic heterocycles. The van der Waals surface area contributed by atoms with E-state index >= 15 is 0 Å². The highest BCUT2D eigenvalue weighted by atomic mass is 35.5. The van der Waals surface area contributed by atoms with Crippen LogP contribution in [0.2, 0.25) is 5.02 Å². The fourth-order valence-electron chi connectivity index (χ4n) is 2.65. The highest BCUT2D eigenvalue weighted by Gasteiger charge is 2.16. The van der Waals surface area contributed by atoms with Crippen molar-refractivity contribution in [2.45, 2.75) is 13.8 Å². The van der Waals surface area contributed by atoms with Gasteiger partial charge in [0.2, 0.25) is 0 Å². The zero-order valence-corrected chi connectivity index (χ0v) is 15.6. The number of nitrogens with one attached hydrogen (secondary N) is 1. The highest BCUT2D eigenvalue weighted by Crippen LogP contribution is 2.26. The molecule has 1 heterocycles. The van der Waals surface area contributed by atoms with E-state index in [2.05, 4.69) is 10.4 Å². The number of amides is 1. The number of para-hydroxylation sites is 1. The summed E-state index contributed by atoms with van der Waals surface area (Å²) in [5.41, 5.74) is 3.53. The van der Waals surface area contributed by atoms with E-state index in [4.69, 9.17) is 21.6 Å². The standard InChI is InChI=1S/C20H17ClN4O2/c1-13-20(14(2)25(24-13)16-6-4-3-5-7-16)23-19(26)12-27-18-9-8-15(11-22)10-17(18)21/h3-10H,12H2,1-2H3,(H,23,26). The van der Waals surface area contributed by atoms with E-state index in [0.29, 0.717) is 22.7 Å². The predicted octanol–water partition coefficient (Wildman–Crippen LogP) is 4.03. The summed E-state index contributed by atoms with van der Waals surface area (Å²) in [6, 6.07) is 16.3. The summed E-state index contributed by atoms with van der Waals surface area (Å²) in [5, 5.41) is 16.5. The average Bonchev–Trinajstić information content (AvgIpc) is 2.96. The molecule has 1 aromatic heterocycles. The van der Waals surface area contributed by atoms with Crippen molar-refractivity contribution in [3.8, 4) is 17.5 Å². The van der Waals surface area contributed by atoms with Crippen molar-refractivity contribution in [1.29, 1.82) is 5.26 Å². The number of carbonyl (C=O) groups excluding carboxylic acids is 1. The first kappa shape index (κ1) is 18.5. The van der Waals surface area contributed by atoms with Gasteiger partial charge in [-0.15, -0.1) is 0 Å². The molecule has 0 saturated heterocycles. The number of carbonyl (C=O) groups is 1. The molecule has 0 aliphatic carbocycles. The van der Waals surface area contributed by atoms with Crippen LogP contribution in [-0.2, 0) is 4.79 Å². The van der Waals surface area contributed by atoms with Gasteiger partial charge in [0.25, 0.3) is 5.91 Å². The van der Waals surface area contributed by atoms with Gasteiger partial charge in [-0.1, -0.05) is 29.8 Å². The van der Waals surface area contributed by atoms with Crippen LogP contribution in [0, 0.1) is 25.2 Å². The van der Waals surface area contributed by atoms with Gasteiger partial charge in [-0.05, 0) is 44.2 Å². The van der Waals surface area contributed by atoms with Crippen LogP contribution in [0.3, 0.4) is 0 Å². The molecule has 0 saturated carbocycles. The van der Waals surface area contributed by atoms with Crippen molar-refractivity contribution in [3.63, 3.8) is 0 Å². The van der Waals surface area contributed by atoms with Crippen LogP contribution < -0.4 is 10.1 Å². The molecule has 0 unspecified atom stereocenters. The third kappa shape index (κ3) is 4.10. The molecular formula is C20H17ClN4O2. The van der Waals surface area contributed by atoms with Crippen LogP contribution in [-0.4, -0.2) is 22.3 Å². The molecule has 27 heavy (non-hydrogen) atoms. The number of nitriles is 1. The maximum atomic E-state index is 12.3. The molecular weight excluding hydrogens is 364 g/mol. The Morgan fingerprint density at radius 2 is 2.00 bits per heavy atom. The molecule has 1 N–H and O–H groups in total. The second kappa shape index (κ2) is 7.94. The fourth-order valence-corrected chi connectivity index (χ4v) is 2.89. The van der Waals surface area contributed by atoms with Crippen LogP contribution in [0.15, 0.2) is 48.5 Å². The van der Waals surface area contributed by atoms with Gasteiger partial charge in [0.05, 0.1) is 39.4 Å². The van der Waals surface area contributed by atoms with Crippen molar-refractivity contribution in [2.75, 3.05) is 11.9 Å². The molecule has 0 spiro atoms. The number of nitrogens with zero attached hydrogens (tertiary/aromatic N) is 3. The number of halogens is 1. The lowest BCUT2D eigenvalue weighted by molar-refractivity contribution is -0.118. The number of hydrogen-bond donors (Lipinski definition) is 1. The molecule has 7 heteroatoms. The third-order valence-electron chi connectivity index (χ3n) is 3.98. The Morgan fingerprint density at radius 3 is 2.67 bits per heavy atom. The van der Waals surface area contributed by atoms with Crippen molar-refractivity contribution in [3.05, 3.63) is 70.5 Å². The Hall–Kier alpha value is -3.30. The molecule has 1 amide bonds. The Morgan fingerprint density at radius 1 is 1.26 bits per heavy atom. The summed E-state index contributed by atoms with van der Waals surface area (Å²) in [4.78, 5) is 12.3.